The zero-order chi connectivity index (χ0) is 20.7. The zero-order valence-electron chi connectivity index (χ0n) is 15.5. The summed E-state index contributed by atoms with van der Waals surface area (Å²) in [7, 11) is 1.76. The summed E-state index contributed by atoms with van der Waals surface area (Å²) >= 11 is 0. The molecule has 29 heavy (non-hydrogen) atoms. The summed E-state index contributed by atoms with van der Waals surface area (Å²) in [6.07, 6.45) is 0. The van der Waals surface area contributed by atoms with Crippen LogP contribution in [0.3, 0.4) is 0 Å². The van der Waals surface area contributed by atoms with E-state index in [1.165, 1.54) is 4.68 Å². The molecule has 0 spiro atoms. The normalized spacial score (nSPS) is 10.6. The van der Waals surface area contributed by atoms with Gasteiger partial charge < -0.3 is 11.1 Å². The number of nitrogens with zero attached hydrogens (tertiary/aromatic N) is 8. The number of fused-ring (bicyclic) bond motifs is 1. The van der Waals surface area contributed by atoms with Gasteiger partial charge in [-0.1, -0.05) is 18.2 Å². The lowest BCUT2D eigenvalue weighted by Crippen LogP contribution is -2.20. The number of para-hydroxylation sites is 1. The maximum Gasteiger partial charge on any atom is 0.295 e. The average molecular weight is 386 g/mol. The Morgan fingerprint density at radius 1 is 1.14 bits per heavy atom. The largest absolute Gasteiger partial charge is 0.381 e. The first kappa shape index (κ1) is 17.8. The molecule has 0 unspecified atom stereocenters. The van der Waals surface area contributed by atoms with Crippen LogP contribution in [0.4, 0.5) is 17.3 Å². The zero-order valence-corrected chi connectivity index (χ0v) is 15.5. The SMILES string of the molecule is Cc1c(Nc2nn3c(N)c(C#N)nnc3c2C#N)c(=O)n(-c2ccccc2)n1C. The Bertz CT molecular complexity index is 1400. The highest BCUT2D eigenvalue weighted by Crippen LogP contribution is 2.25. The molecule has 0 aliphatic rings. The maximum absolute atomic E-state index is 13.1. The molecule has 0 aliphatic heterocycles. The number of hydrogen-bond donors (Lipinski definition) is 2. The van der Waals surface area contributed by atoms with Crippen molar-refractivity contribution >= 4 is 23.0 Å². The van der Waals surface area contributed by atoms with Crippen LogP contribution < -0.4 is 16.6 Å². The van der Waals surface area contributed by atoms with Crippen molar-refractivity contribution in [2.45, 2.75) is 6.92 Å². The first-order chi connectivity index (χ1) is 14.0. The molecular weight excluding hydrogens is 372 g/mol. The van der Waals surface area contributed by atoms with Gasteiger partial charge in [-0.2, -0.15) is 15.0 Å². The average Bonchev–Trinajstić information content (AvgIpc) is 3.19. The van der Waals surface area contributed by atoms with Crippen molar-refractivity contribution in [1.29, 1.82) is 10.5 Å². The molecule has 3 aromatic heterocycles. The Morgan fingerprint density at radius 2 is 1.86 bits per heavy atom. The van der Waals surface area contributed by atoms with Gasteiger partial charge in [-0.3, -0.25) is 9.48 Å². The number of nitrogen functional groups attached to an aromatic ring is 1. The molecule has 0 radical (unpaired) electrons. The van der Waals surface area contributed by atoms with E-state index in [-0.39, 0.29) is 39.8 Å². The Balaban J connectivity index is 1.89. The van der Waals surface area contributed by atoms with Crippen LogP contribution in [0, 0.1) is 29.6 Å². The summed E-state index contributed by atoms with van der Waals surface area (Å²) in [5, 5.41) is 33.3. The monoisotopic (exact) mass is 386 g/mol. The van der Waals surface area contributed by atoms with Gasteiger partial charge in [0.15, 0.2) is 17.3 Å². The van der Waals surface area contributed by atoms with E-state index in [9.17, 15) is 10.1 Å². The van der Waals surface area contributed by atoms with Crippen molar-refractivity contribution in [1.82, 2.24) is 29.2 Å². The van der Waals surface area contributed by atoms with Crippen molar-refractivity contribution in [3.63, 3.8) is 0 Å². The molecule has 4 aromatic rings. The standard InChI is InChI=1S/C18H14N10O/c1-10-14(18(29)28(26(10)2)11-6-4-3-5-7-11)22-16-12(8-19)17-24-23-13(9-20)15(21)27(17)25-16/h3-7H,21H2,1-2H3,(H,22,25). The fourth-order valence-electron chi connectivity index (χ4n) is 3.02. The van der Waals surface area contributed by atoms with Crippen LogP contribution in [0.15, 0.2) is 35.1 Å². The van der Waals surface area contributed by atoms with Crippen LogP contribution in [-0.2, 0) is 7.05 Å². The summed E-state index contributed by atoms with van der Waals surface area (Å²) in [5.74, 6) is 0.0446. The predicted octanol–water partition coefficient (Wildman–Crippen LogP) is 0.991. The van der Waals surface area contributed by atoms with Crippen molar-refractivity contribution < 1.29 is 0 Å². The molecule has 11 nitrogen and oxygen atoms in total. The van der Waals surface area contributed by atoms with Crippen molar-refractivity contribution in [2.75, 3.05) is 11.1 Å². The maximum atomic E-state index is 13.1. The fourth-order valence-corrected chi connectivity index (χ4v) is 3.02. The van der Waals surface area contributed by atoms with Gasteiger partial charge in [0.05, 0.1) is 11.4 Å². The van der Waals surface area contributed by atoms with Gasteiger partial charge in [0.1, 0.15) is 23.4 Å². The van der Waals surface area contributed by atoms with Gasteiger partial charge in [0, 0.05) is 7.05 Å². The van der Waals surface area contributed by atoms with Crippen molar-refractivity contribution in [2.24, 2.45) is 7.05 Å². The van der Waals surface area contributed by atoms with Gasteiger partial charge in [-0.25, -0.2) is 4.68 Å². The quantitative estimate of drug-likeness (QED) is 0.528. The minimum atomic E-state index is -0.311. The van der Waals surface area contributed by atoms with Gasteiger partial charge >= 0.3 is 0 Å². The summed E-state index contributed by atoms with van der Waals surface area (Å²) in [6.45, 7) is 1.77. The van der Waals surface area contributed by atoms with Crippen LogP contribution in [0.1, 0.15) is 17.0 Å². The molecule has 11 heteroatoms. The number of aromatic nitrogens is 6. The van der Waals surface area contributed by atoms with E-state index >= 15 is 0 Å². The number of nitrogens with one attached hydrogen (secondary N) is 1. The highest BCUT2D eigenvalue weighted by molar-refractivity contribution is 5.74. The van der Waals surface area contributed by atoms with Crippen LogP contribution in [0.5, 0.6) is 0 Å². The Hall–Kier alpha value is -4.64. The Labute approximate surface area is 163 Å². The molecule has 0 aliphatic carbocycles. The second-order valence-electron chi connectivity index (χ2n) is 6.18. The molecule has 0 saturated heterocycles. The highest BCUT2D eigenvalue weighted by atomic mass is 16.1. The Kier molecular flexibility index (Phi) is 3.99. The van der Waals surface area contributed by atoms with Gasteiger partial charge in [-0.15, -0.1) is 15.3 Å². The third-order valence-corrected chi connectivity index (χ3v) is 4.59. The van der Waals surface area contributed by atoms with Gasteiger partial charge in [-0.05, 0) is 19.1 Å². The van der Waals surface area contributed by atoms with E-state index in [1.807, 2.05) is 42.5 Å². The number of hydrogen-bond acceptors (Lipinski definition) is 8. The number of nitriles is 2. The van der Waals surface area contributed by atoms with E-state index in [4.69, 9.17) is 11.0 Å². The second kappa shape index (κ2) is 6.51. The minimum absolute atomic E-state index is 0.0477. The number of benzene rings is 1. The van der Waals surface area contributed by atoms with E-state index < -0.39 is 0 Å². The first-order valence-corrected chi connectivity index (χ1v) is 8.44. The topological polar surface area (TPSA) is 156 Å². The van der Waals surface area contributed by atoms with Crippen LogP contribution >= 0.6 is 0 Å². The number of anilines is 3. The first-order valence-electron chi connectivity index (χ1n) is 8.44. The van der Waals surface area contributed by atoms with E-state index in [1.54, 1.807) is 18.7 Å². The number of rotatable bonds is 3. The van der Waals surface area contributed by atoms with Crippen LogP contribution in [0.25, 0.3) is 11.3 Å². The summed E-state index contributed by atoms with van der Waals surface area (Å²) in [5.41, 5.74) is 7.20. The molecule has 142 valence electrons. The molecule has 3 N–H and O–H groups in total. The molecule has 0 saturated carbocycles. The summed E-state index contributed by atoms with van der Waals surface area (Å²) in [4.78, 5) is 13.1. The van der Waals surface area contributed by atoms with Gasteiger partial charge in [0.2, 0.25) is 5.69 Å². The third kappa shape index (κ3) is 2.57. The highest BCUT2D eigenvalue weighted by Gasteiger charge is 2.22. The second-order valence-corrected chi connectivity index (χ2v) is 6.18. The smallest absolute Gasteiger partial charge is 0.295 e. The lowest BCUT2D eigenvalue weighted by molar-refractivity contribution is 0.630. The molecule has 1 aromatic carbocycles. The minimum Gasteiger partial charge on any atom is -0.381 e. The van der Waals surface area contributed by atoms with Crippen LogP contribution in [-0.4, -0.2) is 29.2 Å². The lowest BCUT2D eigenvalue weighted by Gasteiger charge is -2.07. The van der Waals surface area contributed by atoms with Gasteiger partial charge in [0.25, 0.3) is 5.56 Å². The lowest BCUT2D eigenvalue weighted by atomic mass is 10.3. The van der Waals surface area contributed by atoms with E-state index in [2.05, 4.69) is 20.6 Å². The molecular formula is C18H14N10O. The van der Waals surface area contributed by atoms with Crippen molar-refractivity contribution in [3.05, 3.63) is 57.6 Å². The van der Waals surface area contributed by atoms with Crippen LogP contribution in [0.2, 0.25) is 0 Å². The third-order valence-electron chi connectivity index (χ3n) is 4.59. The molecule has 0 amide bonds. The molecule has 0 fully saturated rings. The van der Waals surface area contributed by atoms with Crippen molar-refractivity contribution in [3.8, 4) is 17.8 Å². The molecule has 0 bridgehead atoms. The summed E-state index contributed by atoms with van der Waals surface area (Å²) in [6, 6.07) is 13.0. The Morgan fingerprint density at radius 3 is 2.52 bits per heavy atom. The fraction of sp³-hybridized carbons (Fsp3) is 0.111. The van der Waals surface area contributed by atoms with E-state index in [0.717, 1.165) is 4.52 Å². The predicted molar refractivity (Wildman–Crippen MR) is 104 cm³/mol. The summed E-state index contributed by atoms with van der Waals surface area (Å²) < 4.78 is 4.35. The molecule has 3 heterocycles. The molecule has 0 atom stereocenters. The molecule has 4 rings (SSSR count). The van der Waals surface area contributed by atoms with E-state index in [0.29, 0.717) is 11.4 Å². The number of nitrogens with two attached hydrogens (primary N) is 1.